The van der Waals surface area contributed by atoms with Crippen LogP contribution in [0.4, 0.5) is 0 Å². The van der Waals surface area contributed by atoms with Gasteiger partial charge in [-0.25, -0.2) is 0 Å². The first-order chi connectivity index (χ1) is 8.86. The third-order valence-electron chi connectivity index (χ3n) is 5.12. The SMILES string of the molecule is C1CC(CC2CCOC3(CCSCC3)C2)CCN1. The zero-order valence-electron chi connectivity index (χ0n) is 11.5. The molecule has 1 N–H and O–H groups in total. The highest BCUT2D eigenvalue weighted by molar-refractivity contribution is 7.99. The zero-order valence-corrected chi connectivity index (χ0v) is 12.3. The van der Waals surface area contributed by atoms with Gasteiger partial charge in [-0.05, 0) is 81.4 Å². The molecule has 3 saturated heterocycles. The summed E-state index contributed by atoms with van der Waals surface area (Å²) in [6.45, 7) is 3.52. The normalized spacial score (nSPS) is 33.7. The van der Waals surface area contributed by atoms with Gasteiger partial charge in [-0.3, -0.25) is 0 Å². The van der Waals surface area contributed by atoms with Crippen molar-refractivity contribution in [1.82, 2.24) is 5.32 Å². The van der Waals surface area contributed by atoms with Crippen molar-refractivity contribution >= 4 is 11.8 Å². The summed E-state index contributed by atoms with van der Waals surface area (Å²) < 4.78 is 6.20. The molecule has 0 aliphatic carbocycles. The Balaban J connectivity index is 1.52. The number of hydrogen-bond acceptors (Lipinski definition) is 3. The van der Waals surface area contributed by atoms with Crippen LogP contribution < -0.4 is 5.32 Å². The molecule has 0 radical (unpaired) electrons. The van der Waals surface area contributed by atoms with Gasteiger partial charge < -0.3 is 10.1 Å². The Bertz CT molecular complexity index is 254. The van der Waals surface area contributed by atoms with Gasteiger partial charge in [-0.2, -0.15) is 11.8 Å². The predicted molar refractivity (Wildman–Crippen MR) is 78.2 cm³/mol. The maximum absolute atomic E-state index is 6.20. The highest BCUT2D eigenvalue weighted by atomic mass is 32.2. The smallest absolute Gasteiger partial charge is 0.0700 e. The van der Waals surface area contributed by atoms with Crippen molar-refractivity contribution in [1.29, 1.82) is 0 Å². The first-order valence-electron chi connectivity index (χ1n) is 7.79. The van der Waals surface area contributed by atoms with Crippen molar-refractivity contribution in [3.63, 3.8) is 0 Å². The van der Waals surface area contributed by atoms with E-state index in [1.54, 1.807) is 0 Å². The molecule has 0 saturated carbocycles. The second-order valence-corrected chi connectivity index (χ2v) is 7.66. The molecule has 0 aromatic rings. The number of nitrogens with one attached hydrogen (secondary N) is 1. The van der Waals surface area contributed by atoms with E-state index in [1.165, 1.54) is 69.5 Å². The fraction of sp³-hybridized carbons (Fsp3) is 1.00. The molecule has 3 heteroatoms. The summed E-state index contributed by atoms with van der Waals surface area (Å²) >= 11 is 2.11. The molecule has 1 atom stereocenters. The Morgan fingerprint density at radius 1 is 1.06 bits per heavy atom. The number of ether oxygens (including phenoxy) is 1. The van der Waals surface area contributed by atoms with Gasteiger partial charge in [-0.15, -0.1) is 0 Å². The van der Waals surface area contributed by atoms with E-state index in [2.05, 4.69) is 17.1 Å². The standard InChI is InChI=1S/C15H27NOS/c1-6-16-7-2-13(1)11-14-3-8-17-15(12-14)4-9-18-10-5-15/h13-14,16H,1-12H2. The summed E-state index contributed by atoms with van der Waals surface area (Å²) in [6.07, 6.45) is 9.57. The molecule has 3 aliphatic heterocycles. The van der Waals surface area contributed by atoms with E-state index in [0.29, 0.717) is 5.60 Å². The first kappa shape index (κ1) is 13.3. The van der Waals surface area contributed by atoms with Crippen LogP contribution in [0, 0.1) is 11.8 Å². The Kier molecular flexibility index (Phi) is 4.53. The molecular formula is C15H27NOS. The molecule has 1 spiro atoms. The molecule has 3 heterocycles. The molecule has 0 amide bonds. The van der Waals surface area contributed by atoms with Crippen LogP contribution >= 0.6 is 11.8 Å². The Morgan fingerprint density at radius 3 is 2.61 bits per heavy atom. The first-order valence-corrected chi connectivity index (χ1v) is 8.94. The second kappa shape index (κ2) is 6.15. The molecule has 0 aromatic carbocycles. The minimum absolute atomic E-state index is 0.293. The predicted octanol–water partition coefficient (Wildman–Crippen LogP) is 3.07. The molecule has 0 aromatic heterocycles. The van der Waals surface area contributed by atoms with Crippen molar-refractivity contribution in [3.05, 3.63) is 0 Å². The lowest BCUT2D eigenvalue weighted by atomic mass is 9.76. The highest BCUT2D eigenvalue weighted by Gasteiger charge is 2.39. The molecule has 0 bridgehead atoms. The summed E-state index contributed by atoms with van der Waals surface area (Å²) in [7, 11) is 0. The average molecular weight is 269 g/mol. The summed E-state index contributed by atoms with van der Waals surface area (Å²) in [6, 6.07) is 0. The van der Waals surface area contributed by atoms with Gasteiger partial charge in [0.05, 0.1) is 5.60 Å². The molecule has 3 fully saturated rings. The molecular weight excluding hydrogens is 242 g/mol. The lowest BCUT2D eigenvalue weighted by molar-refractivity contribution is -0.105. The van der Waals surface area contributed by atoms with Crippen molar-refractivity contribution in [2.45, 2.75) is 50.5 Å². The van der Waals surface area contributed by atoms with E-state index in [-0.39, 0.29) is 0 Å². The van der Waals surface area contributed by atoms with Crippen molar-refractivity contribution in [2.75, 3.05) is 31.2 Å². The van der Waals surface area contributed by atoms with Gasteiger partial charge in [0, 0.05) is 6.61 Å². The van der Waals surface area contributed by atoms with Gasteiger partial charge >= 0.3 is 0 Å². The van der Waals surface area contributed by atoms with Crippen LogP contribution in [0.25, 0.3) is 0 Å². The van der Waals surface area contributed by atoms with Crippen LogP contribution in [0.15, 0.2) is 0 Å². The average Bonchev–Trinajstić information content (AvgIpc) is 2.41. The van der Waals surface area contributed by atoms with E-state index < -0.39 is 0 Å². The summed E-state index contributed by atoms with van der Waals surface area (Å²) in [5.41, 5.74) is 0.293. The molecule has 3 rings (SSSR count). The monoisotopic (exact) mass is 269 g/mol. The van der Waals surface area contributed by atoms with Crippen molar-refractivity contribution < 1.29 is 4.74 Å². The third kappa shape index (κ3) is 3.23. The van der Waals surface area contributed by atoms with Gasteiger partial charge in [0.15, 0.2) is 0 Å². The van der Waals surface area contributed by atoms with E-state index in [9.17, 15) is 0 Å². The number of hydrogen-bond donors (Lipinski definition) is 1. The fourth-order valence-electron chi connectivity index (χ4n) is 4.01. The van der Waals surface area contributed by atoms with Crippen LogP contribution in [-0.2, 0) is 4.74 Å². The van der Waals surface area contributed by atoms with Gasteiger partial charge in [0.2, 0.25) is 0 Å². The van der Waals surface area contributed by atoms with Crippen LogP contribution in [0.2, 0.25) is 0 Å². The molecule has 18 heavy (non-hydrogen) atoms. The van der Waals surface area contributed by atoms with E-state index in [4.69, 9.17) is 4.74 Å². The van der Waals surface area contributed by atoms with Gasteiger partial charge in [0.25, 0.3) is 0 Å². The van der Waals surface area contributed by atoms with Crippen LogP contribution in [0.3, 0.4) is 0 Å². The second-order valence-electron chi connectivity index (χ2n) is 6.43. The fourth-order valence-corrected chi connectivity index (χ4v) is 5.25. The van der Waals surface area contributed by atoms with Gasteiger partial charge in [-0.1, -0.05) is 0 Å². The van der Waals surface area contributed by atoms with Gasteiger partial charge in [0.1, 0.15) is 0 Å². The molecule has 3 aliphatic rings. The van der Waals surface area contributed by atoms with Crippen molar-refractivity contribution in [2.24, 2.45) is 11.8 Å². The maximum atomic E-state index is 6.20. The van der Waals surface area contributed by atoms with E-state index in [0.717, 1.165) is 18.4 Å². The minimum atomic E-state index is 0.293. The minimum Gasteiger partial charge on any atom is -0.375 e. The summed E-state index contributed by atoms with van der Waals surface area (Å²) in [4.78, 5) is 0. The van der Waals surface area contributed by atoms with E-state index in [1.807, 2.05) is 0 Å². The Hall–Kier alpha value is 0.270. The topological polar surface area (TPSA) is 21.3 Å². The third-order valence-corrected chi connectivity index (χ3v) is 6.11. The maximum Gasteiger partial charge on any atom is 0.0700 e. The molecule has 2 nitrogen and oxygen atoms in total. The highest BCUT2D eigenvalue weighted by Crippen LogP contribution is 2.42. The summed E-state index contributed by atoms with van der Waals surface area (Å²) in [5.74, 6) is 4.58. The number of thioether (sulfide) groups is 1. The Labute approximate surface area is 116 Å². The van der Waals surface area contributed by atoms with E-state index >= 15 is 0 Å². The summed E-state index contributed by atoms with van der Waals surface area (Å²) in [5, 5.41) is 3.48. The lowest BCUT2D eigenvalue weighted by Gasteiger charge is -2.44. The molecule has 104 valence electrons. The number of piperidine rings is 1. The number of rotatable bonds is 2. The van der Waals surface area contributed by atoms with Crippen LogP contribution in [0.5, 0.6) is 0 Å². The quantitative estimate of drug-likeness (QED) is 0.832. The Morgan fingerprint density at radius 2 is 1.83 bits per heavy atom. The van der Waals surface area contributed by atoms with Crippen molar-refractivity contribution in [3.8, 4) is 0 Å². The lowest BCUT2D eigenvalue weighted by Crippen LogP contribution is -2.43. The van der Waals surface area contributed by atoms with Crippen LogP contribution in [-0.4, -0.2) is 36.8 Å². The largest absolute Gasteiger partial charge is 0.375 e. The van der Waals surface area contributed by atoms with Crippen LogP contribution in [0.1, 0.15) is 44.9 Å². The zero-order chi connectivity index (χ0) is 12.3. The molecule has 1 unspecified atom stereocenters.